The monoisotopic (exact) mass is 484 g/mol. The van der Waals surface area contributed by atoms with Crippen LogP contribution in [0.3, 0.4) is 0 Å². The third kappa shape index (κ3) is 4.10. The molecular formula is C22H24N6O5S. The van der Waals surface area contributed by atoms with Crippen molar-refractivity contribution in [2.24, 2.45) is 5.92 Å². The molecule has 0 saturated carbocycles. The second kappa shape index (κ2) is 9.03. The summed E-state index contributed by atoms with van der Waals surface area (Å²) in [6.07, 6.45) is 6.03. The normalized spacial score (nSPS) is 18.6. The molecule has 2 aliphatic heterocycles. The van der Waals surface area contributed by atoms with Crippen molar-refractivity contribution in [3.8, 4) is 5.13 Å². The van der Waals surface area contributed by atoms with E-state index in [1.165, 1.54) is 22.1 Å². The second-order valence-corrected chi connectivity index (χ2v) is 9.34. The van der Waals surface area contributed by atoms with Gasteiger partial charge in [-0.05, 0) is 19.3 Å². The minimum absolute atomic E-state index is 0.0232. The van der Waals surface area contributed by atoms with Gasteiger partial charge in [0.1, 0.15) is 11.4 Å². The number of aromatic nitrogens is 3. The van der Waals surface area contributed by atoms with Crippen molar-refractivity contribution >= 4 is 45.8 Å². The van der Waals surface area contributed by atoms with Gasteiger partial charge < -0.3 is 25.8 Å². The third-order valence-corrected chi connectivity index (χ3v) is 6.96. The van der Waals surface area contributed by atoms with Crippen LogP contribution in [0.1, 0.15) is 29.6 Å². The van der Waals surface area contributed by atoms with E-state index in [4.69, 9.17) is 10.5 Å². The first kappa shape index (κ1) is 22.3. The molecule has 0 radical (unpaired) electrons. The Kier molecular flexibility index (Phi) is 5.92. The Hall–Kier alpha value is -3.51. The molecule has 11 nitrogen and oxygen atoms in total. The van der Waals surface area contributed by atoms with Crippen molar-refractivity contribution in [1.82, 2.24) is 19.9 Å². The molecule has 34 heavy (non-hydrogen) atoms. The number of carbonyl (C=O) groups is 2. The molecule has 2 fully saturated rings. The number of nitrogens with zero attached hydrogens (tertiary/aromatic N) is 4. The maximum Gasteiger partial charge on any atom is 0.341 e. The first-order valence-corrected chi connectivity index (χ1v) is 11.9. The maximum absolute atomic E-state index is 12.8. The molecule has 0 spiro atoms. The minimum Gasteiger partial charge on any atom is -0.477 e. The van der Waals surface area contributed by atoms with Crippen molar-refractivity contribution < 1.29 is 19.4 Å². The topological polar surface area (TPSA) is 153 Å². The number of aromatic carboxylic acids is 1. The van der Waals surface area contributed by atoms with Crippen LogP contribution in [0.15, 0.2) is 28.6 Å². The summed E-state index contributed by atoms with van der Waals surface area (Å²) in [5.74, 6) is -1.05. The molecule has 4 N–H and O–H groups in total. The van der Waals surface area contributed by atoms with Crippen LogP contribution in [0.5, 0.6) is 0 Å². The first-order chi connectivity index (χ1) is 16.4. The smallest absolute Gasteiger partial charge is 0.341 e. The second-order valence-electron chi connectivity index (χ2n) is 8.47. The zero-order chi connectivity index (χ0) is 23.8. The van der Waals surface area contributed by atoms with E-state index >= 15 is 0 Å². The number of pyridine rings is 2. The lowest BCUT2D eigenvalue weighted by Crippen LogP contribution is -2.55. The van der Waals surface area contributed by atoms with E-state index in [0.29, 0.717) is 30.6 Å². The number of nitrogens with two attached hydrogens (primary N) is 1. The molecule has 1 atom stereocenters. The molecule has 5 rings (SSSR count). The zero-order valence-electron chi connectivity index (χ0n) is 18.3. The highest BCUT2D eigenvalue weighted by atomic mass is 32.1. The summed E-state index contributed by atoms with van der Waals surface area (Å²) in [6.45, 7) is 2.18. The SMILES string of the molecule is Nc1cc(N2CC(C(=O)NCC3CCCCO3)C2)nc2c1c(=O)c(C(=O)O)cn2-c1nccs1. The summed E-state index contributed by atoms with van der Waals surface area (Å²) in [5.41, 5.74) is 5.45. The highest BCUT2D eigenvalue weighted by Crippen LogP contribution is 2.29. The number of anilines is 2. The number of hydrogen-bond acceptors (Lipinski definition) is 9. The van der Waals surface area contributed by atoms with E-state index < -0.39 is 17.0 Å². The molecule has 2 saturated heterocycles. The molecule has 178 valence electrons. The highest BCUT2D eigenvalue weighted by Gasteiger charge is 2.34. The molecule has 0 aromatic carbocycles. The van der Waals surface area contributed by atoms with E-state index in [9.17, 15) is 19.5 Å². The summed E-state index contributed by atoms with van der Waals surface area (Å²) in [7, 11) is 0. The number of ether oxygens (including phenoxy) is 1. The van der Waals surface area contributed by atoms with E-state index in [-0.39, 0.29) is 34.6 Å². The highest BCUT2D eigenvalue weighted by molar-refractivity contribution is 7.12. The van der Waals surface area contributed by atoms with Crippen LogP contribution < -0.4 is 21.4 Å². The number of rotatable bonds is 6. The summed E-state index contributed by atoms with van der Waals surface area (Å²) in [5, 5.41) is 14.7. The molecule has 1 unspecified atom stereocenters. The number of amides is 1. The van der Waals surface area contributed by atoms with Gasteiger partial charge in [-0.1, -0.05) is 0 Å². The van der Waals surface area contributed by atoms with Crippen molar-refractivity contribution in [2.75, 3.05) is 36.9 Å². The van der Waals surface area contributed by atoms with Crippen LogP contribution in [0.4, 0.5) is 11.5 Å². The van der Waals surface area contributed by atoms with Crippen LogP contribution in [-0.2, 0) is 9.53 Å². The average Bonchev–Trinajstić information content (AvgIpc) is 3.32. The Morgan fingerprint density at radius 2 is 2.15 bits per heavy atom. The summed E-state index contributed by atoms with van der Waals surface area (Å²) < 4.78 is 7.13. The van der Waals surface area contributed by atoms with Crippen molar-refractivity contribution in [3.05, 3.63) is 39.6 Å². The summed E-state index contributed by atoms with van der Waals surface area (Å²) in [4.78, 5) is 47.7. The van der Waals surface area contributed by atoms with Gasteiger partial charge in [-0.2, -0.15) is 0 Å². The fourth-order valence-electron chi connectivity index (χ4n) is 4.28. The lowest BCUT2D eigenvalue weighted by molar-refractivity contribution is -0.126. The molecule has 5 heterocycles. The number of nitrogens with one attached hydrogen (secondary N) is 1. The maximum atomic E-state index is 12.8. The Bertz CT molecular complexity index is 1300. The number of nitrogen functional groups attached to an aromatic ring is 1. The number of carboxylic acids is 1. The van der Waals surface area contributed by atoms with Gasteiger partial charge in [-0.3, -0.25) is 14.2 Å². The first-order valence-electron chi connectivity index (χ1n) is 11.1. The lowest BCUT2D eigenvalue weighted by Gasteiger charge is -2.39. The molecule has 0 bridgehead atoms. The van der Waals surface area contributed by atoms with Gasteiger partial charge in [-0.15, -0.1) is 11.3 Å². The number of carbonyl (C=O) groups excluding carboxylic acids is 1. The number of hydrogen-bond donors (Lipinski definition) is 3. The molecular weight excluding hydrogens is 460 g/mol. The Balaban J connectivity index is 1.38. The molecule has 0 aliphatic carbocycles. The van der Waals surface area contributed by atoms with E-state index in [0.717, 1.165) is 25.9 Å². The van der Waals surface area contributed by atoms with Crippen LogP contribution in [0, 0.1) is 5.92 Å². The van der Waals surface area contributed by atoms with Gasteiger partial charge in [0.2, 0.25) is 11.3 Å². The summed E-state index contributed by atoms with van der Waals surface area (Å²) >= 11 is 1.28. The van der Waals surface area contributed by atoms with Gasteiger partial charge in [0.05, 0.1) is 23.1 Å². The van der Waals surface area contributed by atoms with Crippen molar-refractivity contribution in [1.29, 1.82) is 0 Å². The number of fused-ring (bicyclic) bond motifs is 1. The van der Waals surface area contributed by atoms with Gasteiger partial charge in [0.15, 0.2) is 10.8 Å². The number of thiazole rings is 1. The Labute approximate surface area is 198 Å². The van der Waals surface area contributed by atoms with Gasteiger partial charge in [0.25, 0.3) is 0 Å². The van der Waals surface area contributed by atoms with Gasteiger partial charge in [-0.25, -0.2) is 14.8 Å². The zero-order valence-corrected chi connectivity index (χ0v) is 19.1. The van der Waals surface area contributed by atoms with Crippen LogP contribution in [-0.4, -0.2) is 63.9 Å². The molecule has 3 aromatic rings. The van der Waals surface area contributed by atoms with Crippen LogP contribution in [0.25, 0.3) is 16.2 Å². The molecule has 2 aliphatic rings. The standard InChI is InChI=1S/C22H24N6O5S/c23-15-7-16(27-9-12(10-27)20(30)25-8-13-3-1-2-5-33-13)26-19-17(15)18(29)14(21(31)32)11-28(19)22-24-4-6-34-22/h4,6-7,11-13H,1-3,5,8-10H2,(H2,23,26)(H,25,30)(H,31,32). The quantitative estimate of drug-likeness (QED) is 0.469. The van der Waals surface area contributed by atoms with E-state index in [1.54, 1.807) is 17.6 Å². The molecule has 3 aromatic heterocycles. The van der Waals surface area contributed by atoms with Crippen LogP contribution >= 0.6 is 11.3 Å². The number of carboxylic acid groups (broad SMARTS) is 1. The Morgan fingerprint density at radius 1 is 1.32 bits per heavy atom. The third-order valence-electron chi connectivity index (χ3n) is 6.19. The van der Waals surface area contributed by atoms with E-state index in [2.05, 4.69) is 15.3 Å². The Morgan fingerprint density at radius 3 is 2.82 bits per heavy atom. The predicted molar refractivity (Wildman–Crippen MR) is 127 cm³/mol. The largest absolute Gasteiger partial charge is 0.477 e. The fraction of sp³-hybridized carbons (Fsp3) is 0.409. The summed E-state index contributed by atoms with van der Waals surface area (Å²) in [6, 6.07) is 1.55. The van der Waals surface area contributed by atoms with Crippen molar-refractivity contribution in [2.45, 2.75) is 25.4 Å². The average molecular weight is 485 g/mol. The fourth-order valence-corrected chi connectivity index (χ4v) is 4.90. The predicted octanol–water partition coefficient (Wildman–Crippen LogP) is 1.24. The van der Waals surface area contributed by atoms with E-state index in [1.807, 2.05) is 4.90 Å². The van der Waals surface area contributed by atoms with Gasteiger partial charge >= 0.3 is 5.97 Å². The lowest BCUT2D eigenvalue weighted by atomic mass is 9.98. The minimum atomic E-state index is -1.35. The molecule has 1 amide bonds. The van der Waals surface area contributed by atoms with Crippen molar-refractivity contribution in [3.63, 3.8) is 0 Å². The molecule has 12 heteroatoms. The van der Waals surface area contributed by atoms with Crippen LogP contribution in [0.2, 0.25) is 0 Å². The van der Waals surface area contributed by atoms with Gasteiger partial charge in [0, 0.05) is 50.1 Å².